The van der Waals surface area contributed by atoms with Crippen molar-refractivity contribution < 1.29 is 0 Å². The van der Waals surface area contributed by atoms with Crippen LogP contribution in [0.3, 0.4) is 0 Å². The lowest BCUT2D eigenvalue weighted by molar-refractivity contribution is 0.165. The molecule has 0 saturated heterocycles. The molecule has 1 aromatic rings. The van der Waals surface area contributed by atoms with Gasteiger partial charge in [0.1, 0.15) is 0 Å². The summed E-state index contributed by atoms with van der Waals surface area (Å²) in [5.41, 5.74) is 1.67. The van der Waals surface area contributed by atoms with Crippen LogP contribution in [0.15, 0.2) is 30.3 Å². The summed E-state index contributed by atoms with van der Waals surface area (Å²) >= 11 is 3.87. The Bertz CT molecular complexity index is 324. The third-order valence-corrected chi connectivity index (χ3v) is 4.83. The van der Waals surface area contributed by atoms with E-state index >= 15 is 0 Å². The molecule has 1 heteroatoms. The van der Waals surface area contributed by atoms with E-state index in [-0.39, 0.29) is 15.2 Å². The smallest absolute Gasteiger partial charge is 0.0300 e. The molecule has 0 fully saturated rings. The quantitative estimate of drug-likeness (QED) is 0.657. The molecule has 1 aromatic carbocycles. The Morgan fingerprint density at radius 3 is 1.56 bits per heavy atom. The van der Waals surface area contributed by atoms with Crippen molar-refractivity contribution >= 4 is 15.9 Å². The zero-order valence-corrected chi connectivity index (χ0v) is 12.9. The van der Waals surface area contributed by atoms with Gasteiger partial charge in [0, 0.05) is 9.74 Å². The van der Waals surface area contributed by atoms with E-state index in [1.807, 2.05) is 0 Å². The van der Waals surface area contributed by atoms with Gasteiger partial charge in [-0.2, -0.15) is 0 Å². The minimum Gasteiger partial charge on any atom is -0.0850 e. The highest BCUT2D eigenvalue weighted by atomic mass is 79.9. The molecule has 1 rings (SSSR count). The van der Waals surface area contributed by atoms with Gasteiger partial charge in [0.05, 0.1) is 0 Å². The molecule has 0 bridgehead atoms. The molecule has 0 heterocycles. The largest absolute Gasteiger partial charge is 0.0850 e. The third-order valence-electron chi connectivity index (χ3n) is 4.04. The van der Waals surface area contributed by atoms with E-state index in [0.717, 1.165) is 0 Å². The summed E-state index contributed by atoms with van der Waals surface area (Å²) in [4.78, 5) is 0. The van der Waals surface area contributed by atoms with E-state index in [0.29, 0.717) is 0 Å². The van der Waals surface area contributed by atoms with Gasteiger partial charge in [-0.05, 0) is 24.8 Å². The van der Waals surface area contributed by atoms with Crippen molar-refractivity contribution in [2.45, 2.75) is 51.3 Å². The van der Waals surface area contributed by atoms with E-state index in [1.54, 1.807) is 0 Å². The summed E-state index contributed by atoms with van der Waals surface area (Å²) in [5, 5.41) is 0. The Morgan fingerprint density at radius 2 is 1.25 bits per heavy atom. The number of rotatable bonds is 2. The summed E-state index contributed by atoms with van der Waals surface area (Å²) in [6, 6.07) is 10.8. The molecule has 0 saturated carbocycles. The van der Waals surface area contributed by atoms with Gasteiger partial charge in [-0.15, -0.1) is 0 Å². The summed E-state index contributed by atoms with van der Waals surface area (Å²) < 4.78 is 0.0552. The number of alkyl halides is 1. The van der Waals surface area contributed by atoms with Crippen molar-refractivity contribution in [3.05, 3.63) is 35.9 Å². The maximum Gasteiger partial charge on any atom is 0.0300 e. The van der Waals surface area contributed by atoms with E-state index < -0.39 is 0 Å². The second kappa shape index (κ2) is 4.18. The SMILES string of the molecule is CC(C)(C)C(C)(c1ccccc1)C(C)(C)Br. The van der Waals surface area contributed by atoms with Gasteiger partial charge < -0.3 is 0 Å². The maximum atomic E-state index is 3.87. The van der Waals surface area contributed by atoms with Gasteiger partial charge in [-0.1, -0.05) is 74.0 Å². The first-order valence-corrected chi connectivity index (χ1v) is 6.64. The average Bonchev–Trinajstić information content (AvgIpc) is 2.14. The third kappa shape index (κ3) is 2.20. The molecule has 1 unspecified atom stereocenters. The monoisotopic (exact) mass is 282 g/mol. The van der Waals surface area contributed by atoms with Crippen LogP contribution in [0.4, 0.5) is 0 Å². The molecule has 0 spiro atoms. The first-order chi connectivity index (χ1) is 7.11. The molecular formula is C15H23Br. The molecule has 90 valence electrons. The van der Waals surface area contributed by atoms with E-state index in [2.05, 4.69) is 87.8 Å². The first kappa shape index (κ1) is 13.8. The number of hydrogen-bond acceptors (Lipinski definition) is 0. The van der Waals surface area contributed by atoms with Crippen molar-refractivity contribution in [1.82, 2.24) is 0 Å². The van der Waals surface area contributed by atoms with Crippen LogP contribution in [-0.2, 0) is 5.41 Å². The molecule has 0 amide bonds. The molecule has 0 radical (unpaired) electrons. The fraction of sp³-hybridized carbons (Fsp3) is 0.600. The number of hydrogen-bond donors (Lipinski definition) is 0. The minimum atomic E-state index is 0.0552. The van der Waals surface area contributed by atoms with Gasteiger partial charge in [0.15, 0.2) is 0 Å². The van der Waals surface area contributed by atoms with Crippen molar-refractivity contribution in [3.8, 4) is 0 Å². The lowest BCUT2D eigenvalue weighted by atomic mass is 9.58. The zero-order chi connectivity index (χ0) is 12.6. The Labute approximate surface area is 109 Å². The fourth-order valence-corrected chi connectivity index (χ4v) is 3.26. The van der Waals surface area contributed by atoms with Gasteiger partial charge in [0.2, 0.25) is 0 Å². The van der Waals surface area contributed by atoms with Crippen LogP contribution in [0, 0.1) is 5.41 Å². The van der Waals surface area contributed by atoms with Crippen molar-refractivity contribution in [3.63, 3.8) is 0 Å². The fourth-order valence-electron chi connectivity index (χ4n) is 2.44. The van der Waals surface area contributed by atoms with Crippen LogP contribution in [0.2, 0.25) is 0 Å². The van der Waals surface area contributed by atoms with Crippen LogP contribution < -0.4 is 0 Å². The second-order valence-corrected chi connectivity index (χ2v) is 8.20. The lowest BCUT2D eigenvalue weighted by Gasteiger charge is -2.50. The lowest BCUT2D eigenvalue weighted by Crippen LogP contribution is -2.50. The van der Waals surface area contributed by atoms with E-state index in [9.17, 15) is 0 Å². The Balaban J connectivity index is 3.39. The molecule has 0 aliphatic heterocycles. The normalized spacial score (nSPS) is 16.9. The van der Waals surface area contributed by atoms with Crippen molar-refractivity contribution in [2.24, 2.45) is 5.41 Å². The van der Waals surface area contributed by atoms with Gasteiger partial charge >= 0.3 is 0 Å². The Morgan fingerprint density at radius 1 is 0.812 bits per heavy atom. The zero-order valence-electron chi connectivity index (χ0n) is 11.3. The summed E-state index contributed by atoms with van der Waals surface area (Å²) in [6.45, 7) is 13.8. The highest BCUT2D eigenvalue weighted by molar-refractivity contribution is 9.10. The molecule has 0 nitrogen and oxygen atoms in total. The van der Waals surface area contributed by atoms with Gasteiger partial charge in [0.25, 0.3) is 0 Å². The Hall–Kier alpha value is -0.300. The predicted octanol–water partition coefficient (Wildman–Crippen LogP) is 5.16. The molecule has 0 N–H and O–H groups in total. The van der Waals surface area contributed by atoms with Crippen molar-refractivity contribution in [1.29, 1.82) is 0 Å². The number of halogens is 1. The molecule has 16 heavy (non-hydrogen) atoms. The van der Waals surface area contributed by atoms with Crippen LogP contribution in [0.25, 0.3) is 0 Å². The van der Waals surface area contributed by atoms with Crippen molar-refractivity contribution in [2.75, 3.05) is 0 Å². The molecule has 1 atom stereocenters. The van der Waals surface area contributed by atoms with Crippen LogP contribution in [0.1, 0.15) is 47.1 Å². The van der Waals surface area contributed by atoms with E-state index in [4.69, 9.17) is 0 Å². The maximum absolute atomic E-state index is 3.87. The van der Waals surface area contributed by atoms with Crippen LogP contribution >= 0.6 is 15.9 Å². The predicted molar refractivity (Wildman–Crippen MR) is 76.3 cm³/mol. The van der Waals surface area contributed by atoms with Gasteiger partial charge in [-0.3, -0.25) is 0 Å². The molecular weight excluding hydrogens is 260 g/mol. The van der Waals surface area contributed by atoms with E-state index in [1.165, 1.54) is 5.56 Å². The highest BCUT2D eigenvalue weighted by Gasteiger charge is 2.48. The highest BCUT2D eigenvalue weighted by Crippen LogP contribution is 2.52. The second-order valence-electron chi connectivity index (χ2n) is 6.21. The van der Waals surface area contributed by atoms with Crippen LogP contribution in [-0.4, -0.2) is 4.32 Å². The first-order valence-electron chi connectivity index (χ1n) is 5.85. The summed E-state index contributed by atoms with van der Waals surface area (Å²) in [7, 11) is 0. The standard InChI is InChI=1S/C15H23Br/c1-13(2,3)15(6,14(4,5)16)12-10-8-7-9-11-12/h7-11H,1-6H3. The average molecular weight is 283 g/mol. The summed E-state index contributed by atoms with van der Waals surface area (Å²) in [5.74, 6) is 0. The molecule has 0 aliphatic carbocycles. The molecule has 0 aromatic heterocycles. The summed E-state index contributed by atoms with van der Waals surface area (Å²) in [6.07, 6.45) is 0. The topological polar surface area (TPSA) is 0 Å². The van der Waals surface area contributed by atoms with Gasteiger partial charge in [-0.25, -0.2) is 0 Å². The minimum absolute atomic E-state index is 0.0552. The Kier molecular flexibility index (Phi) is 3.59. The molecule has 0 aliphatic rings. The number of benzene rings is 1. The van der Waals surface area contributed by atoms with Crippen LogP contribution in [0.5, 0.6) is 0 Å².